The molecule has 0 spiro atoms. The van der Waals surface area contributed by atoms with Crippen molar-refractivity contribution in [3.63, 3.8) is 0 Å². The van der Waals surface area contributed by atoms with Crippen LogP contribution in [0.5, 0.6) is 0 Å². The second kappa shape index (κ2) is 8.68. The summed E-state index contributed by atoms with van der Waals surface area (Å²) in [4.78, 5) is 1.74. The van der Waals surface area contributed by atoms with E-state index in [-0.39, 0.29) is 6.54 Å². The number of unbranched alkanes of at least 4 members (excludes halogenated alkanes) is 5. The molecule has 0 aliphatic carbocycles. The SMILES string of the molecule is CCCCCCCCN1C=CN(C)C1N(C(F)(F)F)S(=O)(=O)C(F)(F)F. The first-order chi connectivity index (χ1) is 11.8. The van der Waals surface area contributed by atoms with Crippen LogP contribution in [0.1, 0.15) is 45.4 Å². The first-order valence-corrected chi connectivity index (χ1v) is 9.61. The van der Waals surface area contributed by atoms with Crippen LogP contribution in [0.2, 0.25) is 0 Å². The van der Waals surface area contributed by atoms with Crippen molar-refractivity contribution in [2.24, 2.45) is 0 Å². The Labute approximate surface area is 149 Å². The van der Waals surface area contributed by atoms with Gasteiger partial charge in [0.1, 0.15) is 0 Å². The standard InChI is InChI=1S/C14H23F6N3O2S/c1-3-4-5-6-7-8-9-22-11-10-21(2)12(22)23(13(15,16)17)26(24,25)14(18,19)20/h10-12H,3-9H2,1-2H3. The predicted octanol–water partition coefficient (Wildman–Crippen LogP) is 4.02. The maximum Gasteiger partial charge on any atom is 0.512 e. The quantitative estimate of drug-likeness (QED) is 0.327. The Kier molecular flexibility index (Phi) is 7.63. The minimum Gasteiger partial charge on any atom is -0.346 e. The summed E-state index contributed by atoms with van der Waals surface area (Å²) >= 11 is 0. The molecule has 0 aromatic rings. The zero-order valence-electron chi connectivity index (χ0n) is 14.5. The van der Waals surface area contributed by atoms with E-state index in [2.05, 4.69) is 0 Å². The number of halogens is 6. The second-order valence-corrected chi connectivity index (χ2v) is 7.84. The van der Waals surface area contributed by atoms with Gasteiger partial charge in [0.25, 0.3) is 0 Å². The molecule has 0 fully saturated rings. The highest BCUT2D eigenvalue weighted by Crippen LogP contribution is 2.38. The lowest BCUT2D eigenvalue weighted by molar-refractivity contribution is -0.248. The smallest absolute Gasteiger partial charge is 0.346 e. The van der Waals surface area contributed by atoms with Gasteiger partial charge >= 0.3 is 21.8 Å². The number of alkyl halides is 6. The number of sulfonamides is 1. The molecule has 0 amide bonds. The van der Waals surface area contributed by atoms with E-state index in [4.69, 9.17) is 0 Å². The van der Waals surface area contributed by atoms with Crippen LogP contribution in [0.4, 0.5) is 26.3 Å². The van der Waals surface area contributed by atoms with Gasteiger partial charge in [0, 0.05) is 26.0 Å². The van der Waals surface area contributed by atoms with Crippen LogP contribution in [-0.2, 0) is 10.0 Å². The lowest BCUT2D eigenvalue weighted by Gasteiger charge is -2.39. The summed E-state index contributed by atoms with van der Waals surface area (Å²) in [5, 5.41) is 0. The number of rotatable bonds is 9. The van der Waals surface area contributed by atoms with E-state index in [0.29, 0.717) is 12.8 Å². The van der Waals surface area contributed by atoms with E-state index >= 15 is 0 Å². The summed E-state index contributed by atoms with van der Waals surface area (Å²) in [6, 6.07) is 0. The highest BCUT2D eigenvalue weighted by Gasteiger charge is 2.63. The second-order valence-electron chi connectivity index (χ2n) is 6.03. The molecule has 0 N–H and O–H groups in total. The molecule has 154 valence electrons. The third-order valence-corrected chi connectivity index (χ3v) is 5.43. The molecule has 0 bridgehead atoms. The fourth-order valence-corrected chi connectivity index (χ4v) is 3.66. The van der Waals surface area contributed by atoms with Crippen molar-refractivity contribution >= 4 is 10.0 Å². The van der Waals surface area contributed by atoms with Gasteiger partial charge in [0.05, 0.1) is 0 Å². The molecular weight excluding hydrogens is 388 g/mol. The first-order valence-electron chi connectivity index (χ1n) is 8.17. The zero-order valence-corrected chi connectivity index (χ0v) is 15.3. The van der Waals surface area contributed by atoms with Crippen molar-refractivity contribution in [1.82, 2.24) is 14.1 Å². The third-order valence-electron chi connectivity index (χ3n) is 3.94. The molecule has 0 aromatic carbocycles. The van der Waals surface area contributed by atoms with Gasteiger partial charge < -0.3 is 9.80 Å². The van der Waals surface area contributed by atoms with Crippen LogP contribution >= 0.6 is 0 Å². The molecule has 0 saturated heterocycles. The first kappa shape index (κ1) is 22.9. The van der Waals surface area contributed by atoms with E-state index in [9.17, 15) is 34.8 Å². The van der Waals surface area contributed by atoms with E-state index in [1.165, 1.54) is 6.20 Å². The molecule has 0 radical (unpaired) electrons. The van der Waals surface area contributed by atoms with Gasteiger partial charge in [-0.3, -0.25) is 0 Å². The summed E-state index contributed by atoms with van der Waals surface area (Å²) in [6.45, 7) is 2.04. The highest BCUT2D eigenvalue weighted by molar-refractivity contribution is 7.90. The normalized spacial score (nSPS) is 19.0. The fraction of sp³-hybridized carbons (Fsp3) is 0.857. The van der Waals surface area contributed by atoms with Crippen molar-refractivity contribution in [3.8, 4) is 0 Å². The van der Waals surface area contributed by atoms with Crippen molar-refractivity contribution in [2.75, 3.05) is 13.6 Å². The van der Waals surface area contributed by atoms with Crippen molar-refractivity contribution in [2.45, 2.75) is 63.5 Å². The van der Waals surface area contributed by atoms with Gasteiger partial charge in [0.2, 0.25) is 0 Å². The van der Waals surface area contributed by atoms with Crippen LogP contribution in [-0.4, -0.2) is 54.2 Å². The molecule has 0 saturated carbocycles. The van der Waals surface area contributed by atoms with Crippen molar-refractivity contribution < 1.29 is 34.8 Å². The summed E-state index contributed by atoms with van der Waals surface area (Å²) in [6.07, 6.45) is -0.570. The monoisotopic (exact) mass is 411 g/mol. The molecule has 26 heavy (non-hydrogen) atoms. The van der Waals surface area contributed by atoms with Gasteiger partial charge in [-0.2, -0.15) is 26.3 Å². The summed E-state index contributed by atoms with van der Waals surface area (Å²) in [5.74, 6) is 0. The molecule has 1 heterocycles. The van der Waals surface area contributed by atoms with E-state index in [1.807, 2.05) is 6.92 Å². The maximum atomic E-state index is 13.2. The Morgan fingerprint density at radius 2 is 1.50 bits per heavy atom. The molecule has 1 atom stereocenters. The molecule has 1 aliphatic heterocycles. The van der Waals surface area contributed by atoms with E-state index < -0.39 is 32.4 Å². The zero-order chi connectivity index (χ0) is 20.2. The average molecular weight is 411 g/mol. The van der Waals surface area contributed by atoms with Gasteiger partial charge in [0.15, 0.2) is 6.29 Å². The number of hydrogen-bond donors (Lipinski definition) is 0. The van der Waals surface area contributed by atoms with Gasteiger partial charge in [-0.05, 0) is 6.42 Å². The lowest BCUT2D eigenvalue weighted by atomic mass is 10.1. The van der Waals surface area contributed by atoms with Crippen LogP contribution in [0.25, 0.3) is 0 Å². The molecule has 1 rings (SSSR count). The van der Waals surface area contributed by atoms with Crippen LogP contribution in [0, 0.1) is 0 Å². The average Bonchev–Trinajstić information content (AvgIpc) is 2.81. The minimum atomic E-state index is -6.60. The third kappa shape index (κ3) is 5.41. The highest BCUT2D eigenvalue weighted by atomic mass is 32.2. The Bertz CT molecular complexity index is 576. The number of nitrogens with zero attached hydrogens (tertiary/aromatic N) is 3. The summed E-state index contributed by atoms with van der Waals surface area (Å²) in [7, 11) is -5.51. The number of hydrogen-bond acceptors (Lipinski definition) is 4. The molecule has 5 nitrogen and oxygen atoms in total. The fourth-order valence-electron chi connectivity index (χ4n) is 2.65. The van der Waals surface area contributed by atoms with Crippen molar-refractivity contribution in [3.05, 3.63) is 12.4 Å². The minimum absolute atomic E-state index is 0.0115. The molecule has 0 aromatic heterocycles. The lowest BCUT2D eigenvalue weighted by Crippen LogP contribution is -2.61. The van der Waals surface area contributed by atoms with E-state index in [1.54, 1.807) is 0 Å². The van der Waals surface area contributed by atoms with E-state index in [0.717, 1.165) is 48.7 Å². The summed E-state index contributed by atoms with van der Waals surface area (Å²) in [5.41, 5.74) is -6.06. The molecule has 12 heteroatoms. The van der Waals surface area contributed by atoms with Gasteiger partial charge in [-0.1, -0.05) is 43.3 Å². The Balaban J connectivity index is 2.94. The Morgan fingerprint density at radius 1 is 0.962 bits per heavy atom. The van der Waals surface area contributed by atoms with Crippen molar-refractivity contribution in [1.29, 1.82) is 0 Å². The van der Waals surface area contributed by atoms with Crippen LogP contribution in [0.3, 0.4) is 0 Å². The largest absolute Gasteiger partial charge is 0.512 e. The maximum absolute atomic E-state index is 13.2. The topological polar surface area (TPSA) is 43.9 Å². The molecule has 1 aliphatic rings. The van der Waals surface area contributed by atoms with Crippen LogP contribution < -0.4 is 0 Å². The summed E-state index contributed by atoms with van der Waals surface area (Å²) < 4.78 is 99.6. The Hall–Kier alpha value is -1.17. The molecular formula is C14H23F6N3O2S. The molecule has 1 unspecified atom stereocenters. The predicted molar refractivity (Wildman–Crippen MR) is 83.6 cm³/mol. The van der Waals surface area contributed by atoms with Gasteiger partial charge in [-0.15, -0.1) is 0 Å². The van der Waals surface area contributed by atoms with Gasteiger partial charge in [-0.25, -0.2) is 8.42 Å². The van der Waals surface area contributed by atoms with Crippen LogP contribution in [0.15, 0.2) is 12.4 Å². The Morgan fingerprint density at radius 3 is 2.00 bits per heavy atom.